The summed E-state index contributed by atoms with van der Waals surface area (Å²) in [6, 6.07) is 18.0. The Morgan fingerprint density at radius 1 is 0.958 bits per heavy atom. The molecule has 4 nitrogen and oxygen atoms in total. The van der Waals surface area contributed by atoms with Gasteiger partial charge in [0.25, 0.3) is 0 Å². The van der Waals surface area contributed by atoms with Gasteiger partial charge in [-0.25, -0.2) is 4.98 Å². The van der Waals surface area contributed by atoms with Crippen molar-refractivity contribution in [1.29, 1.82) is 0 Å². The molecule has 0 radical (unpaired) electrons. The van der Waals surface area contributed by atoms with Crippen molar-refractivity contribution in [1.82, 2.24) is 9.97 Å². The van der Waals surface area contributed by atoms with Crippen LogP contribution in [-0.4, -0.2) is 16.5 Å². The number of rotatable bonds is 6. The molecule has 0 atom stereocenters. The molecule has 3 aromatic rings. The van der Waals surface area contributed by atoms with Gasteiger partial charge in [0.15, 0.2) is 0 Å². The average Bonchev–Trinajstić information content (AvgIpc) is 2.60. The first-order chi connectivity index (χ1) is 11.7. The fourth-order valence-corrected chi connectivity index (χ4v) is 2.55. The second-order valence-electron chi connectivity index (χ2n) is 5.57. The van der Waals surface area contributed by atoms with Crippen LogP contribution in [0.5, 0.6) is 0 Å². The molecule has 0 aliphatic rings. The van der Waals surface area contributed by atoms with Crippen molar-refractivity contribution in [2.45, 2.75) is 12.8 Å². The molecular formula is C19H19ClN4. The van der Waals surface area contributed by atoms with E-state index in [-0.39, 0.29) is 0 Å². The van der Waals surface area contributed by atoms with Crippen LogP contribution in [0.2, 0.25) is 5.02 Å². The van der Waals surface area contributed by atoms with Crippen LogP contribution in [0, 0.1) is 0 Å². The van der Waals surface area contributed by atoms with Gasteiger partial charge in [-0.1, -0.05) is 54.1 Å². The lowest BCUT2D eigenvalue weighted by Gasteiger charge is -2.09. The first-order valence-electron chi connectivity index (χ1n) is 7.84. The highest BCUT2D eigenvalue weighted by atomic mass is 35.5. The van der Waals surface area contributed by atoms with Crippen LogP contribution in [0.4, 0.5) is 11.8 Å². The van der Waals surface area contributed by atoms with Crippen LogP contribution in [0.3, 0.4) is 0 Å². The van der Waals surface area contributed by atoms with Crippen molar-refractivity contribution in [3.8, 4) is 0 Å². The molecule has 2 aromatic carbocycles. The average molecular weight is 339 g/mol. The number of aromatic nitrogens is 2. The summed E-state index contributed by atoms with van der Waals surface area (Å²) in [5.41, 5.74) is 9.37. The molecule has 0 aliphatic carbocycles. The number of halogens is 1. The first kappa shape index (κ1) is 16.3. The number of nitrogens with zero attached hydrogens (tertiary/aromatic N) is 2. The molecule has 0 bridgehead atoms. The maximum absolute atomic E-state index is 6.06. The van der Waals surface area contributed by atoms with E-state index < -0.39 is 0 Å². The molecule has 5 heteroatoms. The molecule has 0 fully saturated rings. The van der Waals surface area contributed by atoms with Crippen LogP contribution in [0.1, 0.15) is 16.7 Å². The third kappa shape index (κ3) is 4.46. The normalized spacial score (nSPS) is 10.5. The topological polar surface area (TPSA) is 63.8 Å². The molecule has 0 unspecified atom stereocenters. The van der Waals surface area contributed by atoms with Gasteiger partial charge in [-0.05, 0) is 29.7 Å². The fraction of sp³-hybridized carbons (Fsp3) is 0.158. The van der Waals surface area contributed by atoms with E-state index in [1.807, 2.05) is 42.5 Å². The second kappa shape index (κ2) is 7.79. The van der Waals surface area contributed by atoms with E-state index in [0.717, 1.165) is 29.1 Å². The number of benzene rings is 2. The van der Waals surface area contributed by atoms with Crippen LogP contribution in [0.15, 0.2) is 60.8 Å². The Morgan fingerprint density at radius 3 is 2.42 bits per heavy atom. The number of nitrogens with one attached hydrogen (secondary N) is 1. The van der Waals surface area contributed by atoms with E-state index >= 15 is 0 Å². The summed E-state index contributed by atoms with van der Waals surface area (Å²) in [6.07, 6.45) is 3.38. The smallest absolute Gasteiger partial charge is 0.224 e. The minimum absolute atomic E-state index is 0.502. The molecule has 0 saturated carbocycles. The van der Waals surface area contributed by atoms with E-state index in [1.165, 1.54) is 5.56 Å². The third-order valence-electron chi connectivity index (χ3n) is 3.75. The van der Waals surface area contributed by atoms with Crippen LogP contribution >= 0.6 is 11.6 Å². The zero-order chi connectivity index (χ0) is 16.8. The summed E-state index contributed by atoms with van der Waals surface area (Å²) in [5.74, 6) is 1.06. The Balaban J connectivity index is 1.59. The Kier molecular flexibility index (Phi) is 5.29. The van der Waals surface area contributed by atoms with Crippen molar-refractivity contribution in [3.63, 3.8) is 0 Å². The van der Waals surface area contributed by atoms with E-state index in [0.29, 0.717) is 18.2 Å². The number of nitrogen functional groups attached to an aromatic ring is 1. The van der Waals surface area contributed by atoms with Gasteiger partial charge in [0.05, 0.1) is 0 Å². The van der Waals surface area contributed by atoms with Gasteiger partial charge in [0.1, 0.15) is 5.82 Å². The number of nitrogens with two attached hydrogens (primary N) is 1. The van der Waals surface area contributed by atoms with E-state index in [2.05, 4.69) is 27.4 Å². The van der Waals surface area contributed by atoms with Gasteiger partial charge in [0.2, 0.25) is 5.95 Å². The molecule has 0 saturated heterocycles. The molecule has 0 spiro atoms. The highest BCUT2D eigenvalue weighted by Gasteiger charge is 2.05. The van der Waals surface area contributed by atoms with Crippen LogP contribution in [-0.2, 0) is 12.8 Å². The number of hydrogen-bond acceptors (Lipinski definition) is 4. The minimum Gasteiger partial charge on any atom is -0.383 e. The lowest BCUT2D eigenvalue weighted by atomic mass is 10.1. The van der Waals surface area contributed by atoms with Crippen LogP contribution < -0.4 is 11.1 Å². The summed E-state index contributed by atoms with van der Waals surface area (Å²) in [5, 5.41) is 3.94. The Morgan fingerprint density at radius 2 is 1.71 bits per heavy atom. The van der Waals surface area contributed by atoms with Crippen molar-refractivity contribution >= 4 is 23.4 Å². The van der Waals surface area contributed by atoms with Crippen molar-refractivity contribution in [2.75, 3.05) is 17.6 Å². The summed E-state index contributed by atoms with van der Waals surface area (Å²) in [4.78, 5) is 8.70. The molecule has 24 heavy (non-hydrogen) atoms. The summed E-state index contributed by atoms with van der Waals surface area (Å²) in [7, 11) is 0. The Hall–Kier alpha value is -2.59. The van der Waals surface area contributed by atoms with Gasteiger partial charge in [-0.15, -0.1) is 0 Å². The minimum atomic E-state index is 0.502. The first-order valence-corrected chi connectivity index (χ1v) is 8.22. The summed E-state index contributed by atoms with van der Waals surface area (Å²) >= 11 is 5.90. The highest BCUT2D eigenvalue weighted by molar-refractivity contribution is 6.30. The van der Waals surface area contributed by atoms with Gasteiger partial charge in [-0.3, -0.25) is 0 Å². The molecule has 0 aliphatic heterocycles. The van der Waals surface area contributed by atoms with Gasteiger partial charge < -0.3 is 11.1 Å². The SMILES string of the molecule is Nc1nc(NCCc2ccccc2)ncc1Cc1ccc(Cl)cc1. The Bertz CT molecular complexity index is 788. The Labute approximate surface area is 146 Å². The van der Waals surface area contributed by atoms with Gasteiger partial charge in [0, 0.05) is 29.7 Å². The zero-order valence-electron chi connectivity index (χ0n) is 13.2. The lowest BCUT2D eigenvalue weighted by molar-refractivity contribution is 0.977. The van der Waals surface area contributed by atoms with E-state index in [4.69, 9.17) is 17.3 Å². The van der Waals surface area contributed by atoms with Crippen molar-refractivity contribution in [2.24, 2.45) is 0 Å². The van der Waals surface area contributed by atoms with Gasteiger partial charge >= 0.3 is 0 Å². The summed E-state index contributed by atoms with van der Waals surface area (Å²) in [6.45, 7) is 0.764. The summed E-state index contributed by atoms with van der Waals surface area (Å²) < 4.78 is 0. The van der Waals surface area contributed by atoms with Crippen molar-refractivity contribution in [3.05, 3.63) is 82.5 Å². The predicted octanol–water partition coefficient (Wildman–Crippen LogP) is 3.96. The van der Waals surface area contributed by atoms with Crippen LogP contribution in [0.25, 0.3) is 0 Å². The predicted molar refractivity (Wildman–Crippen MR) is 99.3 cm³/mol. The molecule has 0 amide bonds. The molecule has 122 valence electrons. The van der Waals surface area contributed by atoms with E-state index in [1.54, 1.807) is 6.20 Å². The standard InChI is InChI=1S/C19H19ClN4/c20-17-8-6-15(7-9-17)12-16-13-23-19(24-18(16)21)22-11-10-14-4-2-1-3-5-14/h1-9,13H,10-12H2,(H3,21,22,23,24). The molecule has 3 rings (SSSR count). The fourth-order valence-electron chi connectivity index (χ4n) is 2.43. The molecule has 1 heterocycles. The molecular weight excluding hydrogens is 320 g/mol. The maximum atomic E-state index is 6.06. The highest BCUT2D eigenvalue weighted by Crippen LogP contribution is 2.17. The largest absolute Gasteiger partial charge is 0.383 e. The monoisotopic (exact) mass is 338 g/mol. The third-order valence-corrected chi connectivity index (χ3v) is 4.00. The quantitative estimate of drug-likeness (QED) is 0.714. The maximum Gasteiger partial charge on any atom is 0.224 e. The van der Waals surface area contributed by atoms with Gasteiger partial charge in [-0.2, -0.15) is 4.98 Å². The lowest BCUT2D eigenvalue weighted by Crippen LogP contribution is -2.10. The molecule has 3 N–H and O–H groups in total. The van der Waals surface area contributed by atoms with Crippen molar-refractivity contribution < 1.29 is 0 Å². The zero-order valence-corrected chi connectivity index (χ0v) is 14.0. The molecule has 1 aromatic heterocycles. The second-order valence-corrected chi connectivity index (χ2v) is 6.01. The number of anilines is 2. The number of hydrogen-bond donors (Lipinski definition) is 2. The van der Waals surface area contributed by atoms with E-state index in [9.17, 15) is 0 Å².